The van der Waals surface area contributed by atoms with Gasteiger partial charge in [0, 0.05) is 19.2 Å². The first kappa shape index (κ1) is 27.0. The van der Waals surface area contributed by atoms with Crippen LogP contribution in [0.3, 0.4) is 0 Å². The second kappa shape index (κ2) is 11.0. The minimum atomic E-state index is -0.683. The molecule has 0 aliphatic rings. The summed E-state index contributed by atoms with van der Waals surface area (Å²) in [4.78, 5) is 31.1. The predicted octanol–water partition coefficient (Wildman–Crippen LogP) is 3.68. The Hall–Kier alpha value is -3.57. The third-order valence-electron chi connectivity index (χ3n) is 4.99. The Balaban J connectivity index is 1.68. The highest BCUT2D eigenvalue weighted by Gasteiger charge is 2.25. The Morgan fingerprint density at radius 2 is 2.00 bits per heavy atom. The minimum Gasteiger partial charge on any atom is -0.495 e. The van der Waals surface area contributed by atoms with Gasteiger partial charge < -0.3 is 25.3 Å². The smallest absolute Gasteiger partial charge is 0.414 e. The first-order valence-corrected chi connectivity index (χ1v) is 11.6. The number of carbonyl (C=O) groups is 2. The highest BCUT2D eigenvalue weighted by atomic mass is 35.5. The van der Waals surface area contributed by atoms with Crippen molar-refractivity contribution in [1.29, 1.82) is 0 Å². The third-order valence-corrected chi connectivity index (χ3v) is 5.17. The number of nitrogens with one attached hydrogen (secondary N) is 1. The molecule has 0 aliphatic heterocycles. The highest BCUT2D eigenvalue weighted by Crippen LogP contribution is 2.25. The molecule has 0 bridgehead atoms. The van der Waals surface area contributed by atoms with E-state index in [9.17, 15) is 9.59 Å². The second-order valence-electron chi connectivity index (χ2n) is 9.24. The summed E-state index contributed by atoms with van der Waals surface area (Å²) in [6.45, 7) is 7.69. The number of fused-ring (bicyclic) bond motifs is 1. The molecule has 11 nitrogen and oxygen atoms in total. The molecule has 36 heavy (non-hydrogen) atoms. The first-order chi connectivity index (χ1) is 16.9. The number of rotatable bonds is 8. The van der Waals surface area contributed by atoms with Crippen molar-refractivity contribution in [2.24, 2.45) is 0 Å². The largest absolute Gasteiger partial charge is 0.495 e. The van der Waals surface area contributed by atoms with Crippen molar-refractivity contribution in [3.8, 4) is 5.75 Å². The normalized spacial score (nSPS) is 12.3. The van der Waals surface area contributed by atoms with E-state index in [2.05, 4.69) is 15.4 Å². The molecule has 1 atom stereocenters. The molecule has 194 valence electrons. The summed E-state index contributed by atoms with van der Waals surface area (Å²) in [6, 6.07) is 6.58. The standard InChI is InChI=1S/C24H31ClN6O5/c1-14(12-35-13-15-7-8-19(34-6)16(26)9-15)28-22(32)18-11-27-21-17(10-20(25)29-31(18)21)30(5)23(33)36-24(2,3)4/h7-11,14H,12-13,26H2,1-6H3,(H,28,32)/t14-/m0/s1. The molecule has 2 heterocycles. The van der Waals surface area contributed by atoms with Crippen LogP contribution in [-0.4, -0.2) is 59.0 Å². The van der Waals surface area contributed by atoms with Gasteiger partial charge in [0.25, 0.3) is 5.91 Å². The van der Waals surface area contributed by atoms with Gasteiger partial charge in [0.2, 0.25) is 0 Å². The van der Waals surface area contributed by atoms with Crippen molar-refractivity contribution in [1.82, 2.24) is 19.9 Å². The van der Waals surface area contributed by atoms with E-state index in [1.807, 2.05) is 13.0 Å². The fourth-order valence-electron chi connectivity index (χ4n) is 3.32. The van der Waals surface area contributed by atoms with Gasteiger partial charge in [0.15, 0.2) is 16.5 Å². The fraction of sp³-hybridized carbons (Fsp3) is 0.417. The van der Waals surface area contributed by atoms with Gasteiger partial charge >= 0.3 is 6.09 Å². The highest BCUT2D eigenvalue weighted by molar-refractivity contribution is 6.29. The molecule has 0 radical (unpaired) electrons. The second-order valence-corrected chi connectivity index (χ2v) is 9.62. The van der Waals surface area contributed by atoms with Crippen LogP contribution in [0.25, 0.3) is 5.65 Å². The van der Waals surface area contributed by atoms with Crippen LogP contribution in [0.15, 0.2) is 30.5 Å². The number of aromatic nitrogens is 3. The van der Waals surface area contributed by atoms with Gasteiger partial charge in [-0.15, -0.1) is 0 Å². The van der Waals surface area contributed by atoms with Crippen LogP contribution in [0.5, 0.6) is 5.75 Å². The van der Waals surface area contributed by atoms with Crippen molar-refractivity contribution < 1.29 is 23.8 Å². The van der Waals surface area contributed by atoms with E-state index in [1.165, 1.54) is 28.7 Å². The summed E-state index contributed by atoms with van der Waals surface area (Å²) in [7, 11) is 3.09. The molecule has 1 aromatic carbocycles. The number of hydrogen-bond acceptors (Lipinski definition) is 8. The lowest BCUT2D eigenvalue weighted by Gasteiger charge is -2.24. The molecule has 0 saturated carbocycles. The lowest BCUT2D eigenvalue weighted by atomic mass is 10.2. The summed E-state index contributed by atoms with van der Waals surface area (Å²) in [5.74, 6) is 0.175. The zero-order valence-corrected chi connectivity index (χ0v) is 21.9. The Labute approximate surface area is 214 Å². The first-order valence-electron chi connectivity index (χ1n) is 11.2. The van der Waals surface area contributed by atoms with E-state index in [0.29, 0.717) is 23.7 Å². The van der Waals surface area contributed by atoms with E-state index in [4.69, 9.17) is 31.5 Å². The van der Waals surface area contributed by atoms with Gasteiger partial charge in [-0.2, -0.15) is 5.10 Å². The molecule has 3 aromatic rings. The summed E-state index contributed by atoms with van der Waals surface area (Å²) >= 11 is 6.19. The van der Waals surface area contributed by atoms with Crippen LogP contribution in [0, 0.1) is 0 Å². The molecule has 12 heteroatoms. The Morgan fingerprint density at radius 3 is 2.64 bits per heavy atom. The molecular formula is C24H31ClN6O5. The monoisotopic (exact) mass is 518 g/mol. The Morgan fingerprint density at radius 1 is 1.28 bits per heavy atom. The number of ether oxygens (including phenoxy) is 3. The summed E-state index contributed by atoms with van der Waals surface area (Å²) in [5.41, 5.74) is 7.42. The van der Waals surface area contributed by atoms with Crippen molar-refractivity contribution >= 4 is 40.6 Å². The van der Waals surface area contributed by atoms with E-state index in [0.717, 1.165) is 5.56 Å². The number of benzene rings is 1. The van der Waals surface area contributed by atoms with Crippen LogP contribution in [0.1, 0.15) is 43.7 Å². The molecular weight excluding hydrogens is 488 g/mol. The zero-order chi connectivity index (χ0) is 26.6. The SMILES string of the molecule is COc1ccc(COC[C@H](C)NC(=O)c2cnc3c(N(C)C(=O)OC(C)(C)C)cc(Cl)nn23)cc1N. The number of nitrogens with two attached hydrogens (primary N) is 1. The van der Waals surface area contributed by atoms with E-state index in [1.54, 1.807) is 40.0 Å². The number of methoxy groups -OCH3 is 1. The number of nitrogens with zero attached hydrogens (tertiary/aromatic N) is 4. The fourth-order valence-corrected chi connectivity index (χ4v) is 3.50. The quantitative estimate of drug-likeness (QED) is 0.431. The molecule has 0 aliphatic carbocycles. The van der Waals surface area contributed by atoms with Crippen molar-refractivity contribution in [3.05, 3.63) is 46.9 Å². The van der Waals surface area contributed by atoms with Gasteiger partial charge in [-0.3, -0.25) is 9.69 Å². The van der Waals surface area contributed by atoms with E-state index >= 15 is 0 Å². The zero-order valence-electron chi connectivity index (χ0n) is 21.2. The minimum absolute atomic E-state index is 0.0788. The summed E-state index contributed by atoms with van der Waals surface area (Å²) in [6.07, 6.45) is 0.777. The predicted molar refractivity (Wildman–Crippen MR) is 137 cm³/mol. The lowest BCUT2D eigenvalue weighted by Crippen LogP contribution is -2.36. The van der Waals surface area contributed by atoms with E-state index in [-0.39, 0.29) is 29.1 Å². The lowest BCUT2D eigenvalue weighted by molar-refractivity contribution is 0.0589. The van der Waals surface area contributed by atoms with Gasteiger partial charge in [-0.05, 0) is 45.4 Å². The average molecular weight is 519 g/mol. The molecule has 0 fully saturated rings. The van der Waals surface area contributed by atoms with Gasteiger partial charge in [-0.25, -0.2) is 14.3 Å². The molecule has 0 unspecified atom stereocenters. The van der Waals surface area contributed by atoms with Crippen LogP contribution < -0.4 is 20.7 Å². The molecule has 2 amide bonds. The maximum Gasteiger partial charge on any atom is 0.414 e. The third kappa shape index (κ3) is 6.55. The molecule has 0 saturated heterocycles. The molecule has 0 spiro atoms. The van der Waals surface area contributed by atoms with Crippen LogP contribution >= 0.6 is 11.6 Å². The maximum absolute atomic E-state index is 12.9. The number of nitrogen functional groups attached to an aromatic ring is 1. The van der Waals surface area contributed by atoms with Crippen molar-refractivity contribution in [2.75, 3.05) is 31.4 Å². The van der Waals surface area contributed by atoms with Crippen LogP contribution in [0.4, 0.5) is 16.2 Å². The van der Waals surface area contributed by atoms with E-state index < -0.39 is 17.6 Å². The Bertz CT molecular complexity index is 1260. The molecule has 3 N–H and O–H groups in total. The Kier molecular flexibility index (Phi) is 8.26. The van der Waals surface area contributed by atoms with Gasteiger partial charge in [0.1, 0.15) is 11.4 Å². The number of amides is 2. The van der Waals surface area contributed by atoms with Gasteiger partial charge in [0.05, 0.1) is 37.9 Å². The van der Waals surface area contributed by atoms with Crippen LogP contribution in [0.2, 0.25) is 5.15 Å². The molecule has 2 aromatic heterocycles. The van der Waals surface area contributed by atoms with Crippen LogP contribution in [-0.2, 0) is 16.1 Å². The van der Waals surface area contributed by atoms with Gasteiger partial charge in [-0.1, -0.05) is 17.7 Å². The molecule has 3 rings (SSSR count). The number of carbonyl (C=O) groups excluding carboxylic acids is 2. The number of hydrogen-bond donors (Lipinski definition) is 2. The summed E-state index contributed by atoms with van der Waals surface area (Å²) in [5, 5.41) is 7.13. The van der Waals surface area contributed by atoms with Crippen molar-refractivity contribution in [2.45, 2.75) is 45.9 Å². The topological polar surface area (TPSA) is 133 Å². The summed E-state index contributed by atoms with van der Waals surface area (Å²) < 4.78 is 17.6. The maximum atomic E-state index is 12.9. The number of halogens is 1. The average Bonchev–Trinajstić information content (AvgIpc) is 3.20. The van der Waals surface area contributed by atoms with Crippen molar-refractivity contribution in [3.63, 3.8) is 0 Å². The number of anilines is 2. The number of imidazole rings is 1.